The Kier molecular flexibility index (Phi) is 4.80. The van der Waals surface area contributed by atoms with Crippen molar-refractivity contribution in [2.24, 2.45) is 0 Å². The Morgan fingerprint density at radius 1 is 0.920 bits per heavy atom. The maximum absolute atomic E-state index is 13.0. The molecule has 0 aliphatic rings. The summed E-state index contributed by atoms with van der Waals surface area (Å²) in [6, 6.07) is 21.0. The molecule has 0 saturated heterocycles. The number of hydrogen-bond acceptors (Lipinski definition) is 2. The van der Waals surface area contributed by atoms with Crippen molar-refractivity contribution in [2.75, 3.05) is 16.8 Å². The molecular formula is C21H20N2O2. The van der Waals surface area contributed by atoms with Crippen molar-refractivity contribution >= 4 is 34.0 Å². The average molecular weight is 332 g/mol. The third-order valence-electron chi connectivity index (χ3n) is 4.07. The minimum Gasteiger partial charge on any atom is -0.326 e. The molecule has 0 bridgehead atoms. The van der Waals surface area contributed by atoms with E-state index in [0.717, 1.165) is 16.5 Å². The zero-order valence-corrected chi connectivity index (χ0v) is 14.3. The molecule has 126 valence electrons. The van der Waals surface area contributed by atoms with Crippen LogP contribution >= 0.6 is 0 Å². The van der Waals surface area contributed by atoms with Crippen LogP contribution in [0.3, 0.4) is 0 Å². The molecule has 2 amide bonds. The van der Waals surface area contributed by atoms with E-state index in [9.17, 15) is 9.59 Å². The van der Waals surface area contributed by atoms with Crippen LogP contribution in [0.15, 0.2) is 66.7 Å². The number of fused-ring (bicyclic) bond motifs is 1. The van der Waals surface area contributed by atoms with Gasteiger partial charge in [0.05, 0.1) is 5.69 Å². The highest BCUT2D eigenvalue weighted by Gasteiger charge is 2.18. The summed E-state index contributed by atoms with van der Waals surface area (Å²) in [5.74, 6) is -0.196. The molecule has 0 radical (unpaired) electrons. The van der Waals surface area contributed by atoms with Gasteiger partial charge in [-0.1, -0.05) is 36.4 Å². The molecule has 3 aromatic rings. The molecule has 0 fully saturated rings. The van der Waals surface area contributed by atoms with Gasteiger partial charge in [-0.05, 0) is 42.6 Å². The second-order valence-electron chi connectivity index (χ2n) is 5.81. The number of rotatable bonds is 4. The Balaban J connectivity index is 1.94. The monoisotopic (exact) mass is 332 g/mol. The van der Waals surface area contributed by atoms with Gasteiger partial charge in [-0.2, -0.15) is 0 Å². The van der Waals surface area contributed by atoms with Gasteiger partial charge in [-0.3, -0.25) is 9.59 Å². The van der Waals surface area contributed by atoms with Gasteiger partial charge in [0, 0.05) is 30.1 Å². The van der Waals surface area contributed by atoms with E-state index in [-0.39, 0.29) is 11.8 Å². The minimum atomic E-state index is -0.134. The van der Waals surface area contributed by atoms with Crippen LogP contribution in [0, 0.1) is 0 Å². The lowest BCUT2D eigenvalue weighted by Gasteiger charge is -2.23. The van der Waals surface area contributed by atoms with Gasteiger partial charge >= 0.3 is 0 Å². The first-order valence-electron chi connectivity index (χ1n) is 8.27. The summed E-state index contributed by atoms with van der Waals surface area (Å²) >= 11 is 0. The Morgan fingerprint density at radius 2 is 1.60 bits per heavy atom. The van der Waals surface area contributed by atoms with Gasteiger partial charge in [0.1, 0.15) is 0 Å². The molecule has 4 nitrogen and oxygen atoms in total. The smallest absolute Gasteiger partial charge is 0.258 e. The summed E-state index contributed by atoms with van der Waals surface area (Å²) < 4.78 is 0. The Labute approximate surface area is 147 Å². The summed E-state index contributed by atoms with van der Waals surface area (Å²) in [7, 11) is 0. The standard InChI is InChI=1S/C21H20N2O2/c1-3-23(20-10-6-8-16-7-4-5-9-19(16)20)21(25)17-11-13-18(14-12-17)22-15(2)24/h4-14H,3H2,1-2H3,(H,22,24). The maximum Gasteiger partial charge on any atom is 0.258 e. The number of nitrogens with one attached hydrogen (secondary N) is 1. The topological polar surface area (TPSA) is 49.4 Å². The number of anilines is 2. The van der Waals surface area contributed by atoms with Crippen molar-refractivity contribution in [3.8, 4) is 0 Å². The molecule has 0 saturated carbocycles. The van der Waals surface area contributed by atoms with E-state index < -0.39 is 0 Å². The van der Waals surface area contributed by atoms with E-state index >= 15 is 0 Å². The van der Waals surface area contributed by atoms with Gasteiger partial charge in [-0.25, -0.2) is 0 Å². The van der Waals surface area contributed by atoms with E-state index in [1.165, 1.54) is 6.92 Å². The van der Waals surface area contributed by atoms with Gasteiger partial charge < -0.3 is 10.2 Å². The zero-order chi connectivity index (χ0) is 17.8. The highest BCUT2D eigenvalue weighted by molar-refractivity contribution is 6.11. The molecule has 25 heavy (non-hydrogen) atoms. The first-order valence-corrected chi connectivity index (χ1v) is 8.27. The number of nitrogens with zero attached hydrogens (tertiary/aromatic N) is 1. The van der Waals surface area contributed by atoms with E-state index in [0.29, 0.717) is 17.8 Å². The molecule has 0 aromatic heterocycles. The molecule has 0 heterocycles. The van der Waals surface area contributed by atoms with Crippen molar-refractivity contribution in [2.45, 2.75) is 13.8 Å². The van der Waals surface area contributed by atoms with E-state index in [2.05, 4.69) is 5.32 Å². The van der Waals surface area contributed by atoms with E-state index in [1.807, 2.05) is 49.4 Å². The van der Waals surface area contributed by atoms with Crippen LogP contribution in [0.1, 0.15) is 24.2 Å². The van der Waals surface area contributed by atoms with Crippen LogP contribution in [-0.4, -0.2) is 18.4 Å². The predicted octanol–water partition coefficient (Wildman–Crippen LogP) is 4.46. The van der Waals surface area contributed by atoms with E-state index in [1.54, 1.807) is 29.2 Å². The Bertz CT molecular complexity index is 911. The zero-order valence-electron chi connectivity index (χ0n) is 14.3. The lowest BCUT2D eigenvalue weighted by atomic mass is 10.1. The number of benzene rings is 3. The number of carbonyl (C=O) groups is 2. The van der Waals surface area contributed by atoms with Crippen LogP contribution in [-0.2, 0) is 4.79 Å². The van der Waals surface area contributed by atoms with Crippen molar-refractivity contribution in [1.29, 1.82) is 0 Å². The SMILES string of the molecule is CCN(C(=O)c1ccc(NC(C)=O)cc1)c1cccc2ccccc12. The normalized spacial score (nSPS) is 10.5. The molecule has 3 aromatic carbocycles. The number of amides is 2. The average Bonchev–Trinajstić information content (AvgIpc) is 2.62. The van der Waals surface area contributed by atoms with Crippen LogP contribution in [0.4, 0.5) is 11.4 Å². The molecule has 0 unspecified atom stereocenters. The second-order valence-corrected chi connectivity index (χ2v) is 5.81. The van der Waals surface area contributed by atoms with Crippen molar-refractivity contribution < 1.29 is 9.59 Å². The third-order valence-corrected chi connectivity index (χ3v) is 4.07. The largest absolute Gasteiger partial charge is 0.326 e. The Morgan fingerprint density at radius 3 is 2.28 bits per heavy atom. The highest BCUT2D eigenvalue weighted by atomic mass is 16.2. The third kappa shape index (κ3) is 3.53. The predicted molar refractivity (Wildman–Crippen MR) is 102 cm³/mol. The summed E-state index contributed by atoms with van der Waals surface area (Å²) in [5.41, 5.74) is 2.16. The summed E-state index contributed by atoms with van der Waals surface area (Å²) in [4.78, 5) is 25.9. The molecule has 4 heteroatoms. The molecule has 3 rings (SSSR count). The maximum atomic E-state index is 13.0. The van der Waals surface area contributed by atoms with Gasteiger partial charge in [0.25, 0.3) is 5.91 Å². The quantitative estimate of drug-likeness (QED) is 0.766. The van der Waals surface area contributed by atoms with Crippen molar-refractivity contribution in [3.63, 3.8) is 0 Å². The highest BCUT2D eigenvalue weighted by Crippen LogP contribution is 2.28. The molecule has 0 spiro atoms. The van der Waals surface area contributed by atoms with Crippen molar-refractivity contribution in [3.05, 3.63) is 72.3 Å². The molecule has 0 atom stereocenters. The Hall–Kier alpha value is -3.14. The van der Waals surface area contributed by atoms with Crippen LogP contribution < -0.4 is 10.2 Å². The first-order chi connectivity index (χ1) is 12.1. The molecule has 0 aliphatic carbocycles. The summed E-state index contributed by atoms with van der Waals surface area (Å²) in [6.45, 7) is 3.99. The summed E-state index contributed by atoms with van der Waals surface area (Å²) in [6.07, 6.45) is 0. The van der Waals surface area contributed by atoms with Gasteiger partial charge in [0.15, 0.2) is 0 Å². The van der Waals surface area contributed by atoms with Crippen LogP contribution in [0.5, 0.6) is 0 Å². The molecule has 1 N–H and O–H groups in total. The number of hydrogen-bond donors (Lipinski definition) is 1. The van der Waals surface area contributed by atoms with Crippen LogP contribution in [0.2, 0.25) is 0 Å². The van der Waals surface area contributed by atoms with E-state index in [4.69, 9.17) is 0 Å². The van der Waals surface area contributed by atoms with Gasteiger partial charge in [0.2, 0.25) is 5.91 Å². The minimum absolute atomic E-state index is 0.0618. The molecule has 0 aliphatic heterocycles. The second kappa shape index (κ2) is 7.18. The molecular weight excluding hydrogens is 312 g/mol. The first kappa shape index (κ1) is 16.7. The van der Waals surface area contributed by atoms with Crippen molar-refractivity contribution in [1.82, 2.24) is 0 Å². The lowest BCUT2D eigenvalue weighted by molar-refractivity contribution is -0.114. The lowest BCUT2D eigenvalue weighted by Crippen LogP contribution is -2.30. The fourth-order valence-electron chi connectivity index (χ4n) is 2.92. The van der Waals surface area contributed by atoms with Crippen LogP contribution in [0.25, 0.3) is 10.8 Å². The fraction of sp³-hybridized carbons (Fsp3) is 0.143. The summed E-state index contributed by atoms with van der Waals surface area (Å²) in [5, 5.41) is 4.86. The number of carbonyl (C=O) groups excluding carboxylic acids is 2. The van der Waals surface area contributed by atoms with Gasteiger partial charge in [-0.15, -0.1) is 0 Å². The fourth-order valence-corrected chi connectivity index (χ4v) is 2.92.